The van der Waals surface area contributed by atoms with Gasteiger partial charge in [0.25, 0.3) is 0 Å². The molecule has 0 bridgehead atoms. The van der Waals surface area contributed by atoms with Gasteiger partial charge in [-0.2, -0.15) is 0 Å². The van der Waals surface area contributed by atoms with Crippen molar-refractivity contribution in [1.82, 2.24) is 0 Å². The zero-order chi connectivity index (χ0) is 73.1. The number of esters is 4. The molecule has 17 nitrogen and oxygen atoms in total. The zero-order valence-corrected chi connectivity index (χ0v) is 66.9. The van der Waals surface area contributed by atoms with E-state index in [1.54, 1.807) is 0 Å². The number of unbranched alkanes of at least 4 members (excludes halogenated alkanes) is 43. The molecular weight excluding hydrogens is 1290 g/mol. The van der Waals surface area contributed by atoms with Gasteiger partial charge in [-0.25, -0.2) is 9.13 Å². The summed E-state index contributed by atoms with van der Waals surface area (Å²) in [5.74, 6) is 0.925. The zero-order valence-electron chi connectivity index (χ0n) is 65.1. The van der Waals surface area contributed by atoms with Gasteiger partial charge in [-0.15, -0.1) is 0 Å². The molecule has 0 saturated heterocycles. The maximum Gasteiger partial charge on any atom is 0.472 e. The van der Waals surface area contributed by atoms with E-state index in [0.717, 1.165) is 108 Å². The van der Waals surface area contributed by atoms with Gasteiger partial charge in [-0.1, -0.05) is 357 Å². The summed E-state index contributed by atoms with van der Waals surface area (Å²) in [4.78, 5) is 72.9. The van der Waals surface area contributed by atoms with Crippen LogP contribution in [0, 0.1) is 23.7 Å². The third-order valence-electron chi connectivity index (χ3n) is 18.6. The predicted molar refractivity (Wildman–Crippen MR) is 404 cm³/mol. The molecule has 5 atom stereocenters. The first-order valence-corrected chi connectivity index (χ1v) is 44.2. The summed E-state index contributed by atoms with van der Waals surface area (Å²) in [5, 5.41) is 10.6. The summed E-state index contributed by atoms with van der Waals surface area (Å²) in [7, 11) is -9.92. The monoisotopic (exact) mass is 1450 g/mol. The molecule has 0 heterocycles. The summed E-state index contributed by atoms with van der Waals surface area (Å²) >= 11 is 0. The minimum absolute atomic E-state index is 0.103. The minimum atomic E-state index is -4.96. The summed E-state index contributed by atoms with van der Waals surface area (Å²) in [6.07, 6.45) is 55.8. The quantitative estimate of drug-likeness (QED) is 0.0222. The molecule has 19 heteroatoms. The van der Waals surface area contributed by atoms with Crippen LogP contribution in [0.2, 0.25) is 0 Å². The number of carbonyl (C=O) groups excluding carboxylic acids is 4. The average molecular weight is 1450 g/mol. The van der Waals surface area contributed by atoms with Gasteiger partial charge < -0.3 is 33.8 Å². The fourth-order valence-electron chi connectivity index (χ4n) is 12.3. The Balaban J connectivity index is 5.21. The molecule has 3 N–H and O–H groups in total. The van der Waals surface area contributed by atoms with Crippen molar-refractivity contribution in [3.63, 3.8) is 0 Å². The molecule has 0 fully saturated rings. The molecule has 0 amide bonds. The maximum absolute atomic E-state index is 13.1. The Morgan fingerprint density at radius 1 is 0.253 bits per heavy atom. The smallest absolute Gasteiger partial charge is 0.462 e. The van der Waals surface area contributed by atoms with Crippen molar-refractivity contribution in [1.29, 1.82) is 0 Å². The van der Waals surface area contributed by atoms with Crippen LogP contribution in [0.15, 0.2) is 0 Å². The molecule has 0 aromatic carbocycles. The van der Waals surface area contributed by atoms with Crippen molar-refractivity contribution < 1.29 is 80.2 Å². The highest BCUT2D eigenvalue weighted by molar-refractivity contribution is 7.47. The molecule has 588 valence electrons. The first-order chi connectivity index (χ1) is 47.6. The summed E-state index contributed by atoms with van der Waals surface area (Å²) in [5.41, 5.74) is 0. The fraction of sp³-hybridized carbons (Fsp3) is 0.950. The van der Waals surface area contributed by atoms with Crippen LogP contribution in [-0.2, 0) is 65.4 Å². The highest BCUT2D eigenvalue weighted by Gasteiger charge is 2.30. The molecule has 3 unspecified atom stereocenters. The van der Waals surface area contributed by atoms with Gasteiger partial charge in [0.15, 0.2) is 12.2 Å². The van der Waals surface area contributed by atoms with Crippen LogP contribution in [-0.4, -0.2) is 96.7 Å². The lowest BCUT2D eigenvalue weighted by Crippen LogP contribution is -2.30. The third kappa shape index (κ3) is 74.1. The van der Waals surface area contributed by atoms with E-state index in [1.165, 1.54) is 212 Å². The van der Waals surface area contributed by atoms with Gasteiger partial charge in [-0.05, 0) is 49.4 Å². The Bertz CT molecular complexity index is 1940. The number of hydrogen-bond donors (Lipinski definition) is 3. The Kier molecular flexibility index (Phi) is 67.8. The second-order valence-electron chi connectivity index (χ2n) is 30.7. The lowest BCUT2D eigenvalue weighted by Gasteiger charge is -2.21. The van der Waals surface area contributed by atoms with Crippen molar-refractivity contribution in [2.75, 3.05) is 39.6 Å². The van der Waals surface area contributed by atoms with Gasteiger partial charge in [0.2, 0.25) is 0 Å². The second kappa shape index (κ2) is 69.1. The van der Waals surface area contributed by atoms with Gasteiger partial charge in [-0.3, -0.25) is 37.3 Å². The molecule has 0 aliphatic heterocycles. The van der Waals surface area contributed by atoms with E-state index >= 15 is 0 Å². The van der Waals surface area contributed by atoms with Crippen molar-refractivity contribution in [3.8, 4) is 0 Å². The highest BCUT2D eigenvalue weighted by Crippen LogP contribution is 2.45. The van der Waals surface area contributed by atoms with Gasteiger partial charge in [0.05, 0.1) is 26.4 Å². The molecule has 0 aliphatic rings. The number of carbonyl (C=O) groups is 4. The Labute approximate surface area is 607 Å². The molecular formula is C80H156O17P2. The van der Waals surface area contributed by atoms with Gasteiger partial charge in [0.1, 0.15) is 19.3 Å². The molecule has 0 radical (unpaired) electrons. The van der Waals surface area contributed by atoms with Gasteiger partial charge >= 0.3 is 39.5 Å². The second-order valence-corrected chi connectivity index (χ2v) is 33.6. The van der Waals surface area contributed by atoms with E-state index in [4.69, 9.17) is 37.0 Å². The lowest BCUT2D eigenvalue weighted by atomic mass is 10.0. The fourth-order valence-corrected chi connectivity index (χ4v) is 13.8. The maximum atomic E-state index is 13.1. The SMILES string of the molecule is CC(C)CCCCCCCCCCCCCCCCCCC(=O)OC[C@H](COP(=O)(O)OCC(O)COP(=O)(O)OC[C@@H](COC(=O)CCCCCCCCCCC(C)C)OC(=O)CCCCCCCCCC(C)C)OC(=O)CCCCCCCCCCCCCCCCCCC(C)C. The van der Waals surface area contributed by atoms with Crippen LogP contribution in [0.4, 0.5) is 0 Å². The number of rotatable bonds is 77. The number of aliphatic hydroxyl groups is 1. The Morgan fingerprint density at radius 3 is 0.626 bits per heavy atom. The highest BCUT2D eigenvalue weighted by atomic mass is 31.2. The number of phosphoric acid groups is 2. The van der Waals surface area contributed by atoms with Crippen molar-refractivity contribution in [2.24, 2.45) is 23.7 Å². The topological polar surface area (TPSA) is 237 Å². The van der Waals surface area contributed by atoms with Crippen LogP contribution in [0.5, 0.6) is 0 Å². The average Bonchev–Trinajstić information content (AvgIpc) is 0.970. The van der Waals surface area contributed by atoms with E-state index in [1.807, 2.05) is 0 Å². The van der Waals surface area contributed by atoms with E-state index in [0.29, 0.717) is 31.6 Å². The summed E-state index contributed by atoms with van der Waals surface area (Å²) in [6, 6.07) is 0. The lowest BCUT2D eigenvalue weighted by molar-refractivity contribution is -0.161. The van der Waals surface area contributed by atoms with Crippen LogP contribution >= 0.6 is 15.6 Å². The number of phosphoric ester groups is 2. The largest absolute Gasteiger partial charge is 0.472 e. The Hall–Kier alpha value is -1.94. The van der Waals surface area contributed by atoms with Crippen molar-refractivity contribution in [3.05, 3.63) is 0 Å². The molecule has 0 spiro atoms. The normalized spacial score (nSPS) is 14.1. The van der Waals surface area contributed by atoms with E-state index in [-0.39, 0.29) is 25.7 Å². The number of hydrogen-bond acceptors (Lipinski definition) is 15. The van der Waals surface area contributed by atoms with Gasteiger partial charge in [0, 0.05) is 25.7 Å². The third-order valence-corrected chi connectivity index (χ3v) is 20.5. The summed E-state index contributed by atoms with van der Waals surface area (Å²) < 4.78 is 68.6. The van der Waals surface area contributed by atoms with E-state index < -0.39 is 97.5 Å². The number of aliphatic hydroxyl groups excluding tert-OH is 1. The van der Waals surface area contributed by atoms with Crippen molar-refractivity contribution >= 4 is 39.5 Å². The molecule has 0 aromatic heterocycles. The van der Waals surface area contributed by atoms with Crippen LogP contribution in [0.1, 0.15) is 409 Å². The standard InChI is InChI=1S/C80H156O17P2/c1-70(2)56-48-40-32-25-21-17-13-9-11-15-19-23-27-36-44-52-60-77(82)90-66-75(96-79(84)62-54-46-38-28-24-20-16-12-10-14-18-22-26-33-41-49-57-71(3)4)68-94-98(86,87)92-64-74(81)65-93-99(88,89)95-69-76(97-80(85)63-55-47-39-31-35-43-51-59-73(7)8)67-91-78(83)61-53-45-37-30-29-34-42-50-58-72(5)6/h70-76,81H,9-69H2,1-8H3,(H,86,87)(H,88,89)/t74?,75-,76-/m1/s1. The predicted octanol–water partition coefficient (Wildman–Crippen LogP) is 23.6. The molecule has 0 saturated carbocycles. The Morgan fingerprint density at radius 2 is 0.424 bits per heavy atom. The first-order valence-electron chi connectivity index (χ1n) is 41.2. The number of ether oxygens (including phenoxy) is 4. The molecule has 0 aromatic rings. The minimum Gasteiger partial charge on any atom is -0.462 e. The first kappa shape index (κ1) is 97.1. The van der Waals surface area contributed by atoms with E-state index in [2.05, 4.69) is 55.4 Å². The van der Waals surface area contributed by atoms with Crippen molar-refractivity contribution in [2.45, 2.75) is 427 Å². The molecule has 99 heavy (non-hydrogen) atoms. The van der Waals surface area contributed by atoms with Crippen LogP contribution in [0.3, 0.4) is 0 Å². The van der Waals surface area contributed by atoms with Crippen LogP contribution < -0.4 is 0 Å². The molecule has 0 rings (SSSR count). The molecule has 0 aliphatic carbocycles. The van der Waals surface area contributed by atoms with Crippen LogP contribution in [0.25, 0.3) is 0 Å². The summed E-state index contributed by atoms with van der Waals surface area (Å²) in [6.45, 7) is 14.2. The van der Waals surface area contributed by atoms with E-state index in [9.17, 15) is 43.2 Å².